The van der Waals surface area contributed by atoms with E-state index in [1.165, 1.54) is 0 Å². The van der Waals surface area contributed by atoms with Gasteiger partial charge in [-0.15, -0.1) is 0 Å². The fraction of sp³-hybridized carbons (Fsp3) is 0.300. The molecule has 0 radical (unpaired) electrons. The molecule has 0 aliphatic rings. The Labute approximate surface area is 86.6 Å². The summed E-state index contributed by atoms with van der Waals surface area (Å²) >= 11 is 1.59. The topological polar surface area (TPSA) is 38.0 Å². The van der Waals surface area contributed by atoms with Crippen LogP contribution in [-0.2, 0) is 6.54 Å². The monoisotopic (exact) mass is 208 g/mol. The standard InChI is InChI=1S/C10H12N2OS/c1-2-12-6-9(5-11-12)10(13)8-3-4-14-7-8/h3-7,10,13H,2H2,1H3. The van der Waals surface area contributed by atoms with Gasteiger partial charge in [0, 0.05) is 18.3 Å². The van der Waals surface area contributed by atoms with Crippen LogP contribution in [0.25, 0.3) is 0 Å². The molecule has 2 rings (SSSR count). The minimum absolute atomic E-state index is 0.540. The second-order valence-electron chi connectivity index (χ2n) is 3.09. The average Bonchev–Trinajstić information content (AvgIpc) is 2.88. The fourth-order valence-electron chi connectivity index (χ4n) is 1.32. The summed E-state index contributed by atoms with van der Waals surface area (Å²) < 4.78 is 1.81. The molecule has 0 bridgehead atoms. The first-order chi connectivity index (χ1) is 6.81. The van der Waals surface area contributed by atoms with Crippen molar-refractivity contribution in [1.82, 2.24) is 9.78 Å². The molecule has 0 aliphatic heterocycles. The third-order valence-electron chi connectivity index (χ3n) is 2.15. The molecule has 0 aliphatic carbocycles. The third kappa shape index (κ3) is 1.71. The number of aliphatic hydroxyl groups excluding tert-OH is 1. The van der Waals surface area contributed by atoms with Crippen LogP contribution in [0.2, 0.25) is 0 Å². The smallest absolute Gasteiger partial charge is 0.108 e. The van der Waals surface area contributed by atoms with Gasteiger partial charge in [-0.05, 0) is 29.3 Å². The van der Waals surface area contributed by atoms with E-state index in [1.807, 2.05) is 34.6 Å². The maximum atomic E-state index is 9.94. The number of hydrogen-bond acceptors (Lipinski definition) is 3. The Hall–Kier alpha value is -1.13. The van der Waals surface area contributed by atoms with Crippen LogP contribution in [0.3, 0.4) is 0 Å². The van der Waals surface area contributed by atoms with Gasteiger partial charge in [0.25, 0.3) is 0 Å². The van der Waals surface area contributed by atoms with Crippen LogP contribution in [0.15, 0.2) is 29.2 Å². The largest absolute Gasteiger partial charge is 0.384 e. The molecule has 14 heavy (non-hydrogen) atoms. The molecule has 0 saturated heterocycles. The Morgan fingerprint density at radius 1 is 1.57 bits per heavy atom. The summed E-state index contributed by atoms with van der Waals surface area (Å²) in [5.41, 5.74) is 1.79. The van der Waals surface area contributed by atoms with Crippen LogP contribution >= 0.6 is 11.3 Å². The maximum absolute atomic E-state index is 9.94. The lowest BCUT2D eigenvalue weighted by molar-refractivity contribution is 0.220. The molecule has 0 amide bonds. The van der Waals surface area contributed by atoms with Crippen LogP contribution in [0, 0.1) is 0 Å². The highest BCUT2D eigenvalue weighted by Gasteiger charge is 2.12. The molecule has 4 heteroatoms. The normalized spacial score (nSPS) is 13.0. The van der Waals surface area contributed by atoms with Crippen molar-refractivity contribution in [2.75, 3.05) is 0 Å². The first kappa shape index (κ1) is 9.43. The molecule has 1 atom stereocenters. The van der Waals surface area contributed by atoms with Crippen LogP contribution in [0.5, 0.6) is 0 Å². The van der Waals surface area contributed by atoms with Crippen molar-refractivity contribution in [3.8, 4) is 0 Å². The van der Waals surface area contributed by atoms with E-state index in [4.69, 9.17) is 0 Å². The van der Waals surface area contributed by atoms with E-state index < -0.39 is 6.10 Å². The number of thiophene rings is 1. The molecule has 0 aromatic carbocycles. The Balaban J connectivity index is 2.23. The zero-order chi connectivity index (χ0) is 9.97. The Kier molecular flexibility index (Phi) is 2.65. The van der Waals surface area contributed by atoms with Crippen molar-refractivity contribution in [2.24, 2.45) is 0 Å². The van der Waals surface area contributed by atoms with Crippen molar-refractivity contribution in [2.45, 2.75) is 19.6 Å². The quantitative estimate of drug-likeness (QED) is 0.838. The summed E-state index contributed by atoms with van der Waals surface area (Å²) in [6.45, 7) is 2.85. The van der Waals surface area contributed by atoms with Gasteiger partial charge in [-0.1, -0.05) is 0 Å². The van der Waals surface area contributed by atoms with Crippen LogP contribution in [-0.4, -0.2) is 14.9 Å². The summed E-state index contributed by atoms with van der Waals surface area (Å²) in [5.74, 6) is 0. The number of rotatable bonds is 3. The summed E-state index contributed by atoms with van der Waals surface area (Å²) in [7, 11) is 0. The Morgan fingerprint density at radius 3 is 3.00 bits per heavy atom. The molecule has 2 aromatic heterocycles. The molecule has 0 saturated carbocycles. The SMILES string of the molecule is CCn1cc(C(O)c2ccsc2)cn1. The lowest BCUT2D eigenvalue weighted by Crippen LogP contribution is -1.96. The van der Waals surface area contributed by atoms with E-state index in [1.54, 1.807) is 17.5 Å². The van der Waals surface area contributed by atoms with Crippen molar-refractivity contribution in [3.63, 3.8) is 0 Å². The van der Waals surface area contributed by atoms with Crippen LogP contribution in [0.1, 0.15) is 24.2 Å². The average molecular weight is 208 g/mol. The molecule has 0 spiro atoms. The summed E-state index contributed by atoms with van der Waals surface area (Å²) in [5, 5.41) is 18.0. The second kappa shape index (κ2) is 3.94. The number of aryl methyl sites for hydroxylation is 1. The molecule has 0 fully saturated rings. The zero-order valence-corrected chi connectivity index (χ0v) is 8.74. The number of aromatic nitrogens is 2. The molecule has 2 aromatic rings. The fourth-order valence-corrected chi connectivity index (χ4v) is 2.00. The maximum Gasteiger partial charge on any atom is 0.108 e. The van der Waals surface area contributed by atoms with E-state index in [9.17, 15) is 5.11 Å². The Bertz CT molecular complexity index is 394. The highest BCUT2D eigenvalue weighted by Crippen LogP contribution is 2.22. The van der Waals surface area contributed by atoms with Crippen molar-refractivity contribution in [3.05, 3.63) is 40.3 Å². The molecular formula is C10H12N2OS. The Morgan fingerprint density at radius 2 is 2.43 bits per heavy atom. The number of nitrogens with zero attached hydrogens (tertiary/aromatic N) is 2. The van der Waals surface area contributed by atoms with Gasteiger partial charge < -0.3 is 5.11 Å². The predicted molar refractivity (Wildman–Crippen MR) is 56.3 cm³/mol. The summed E-state index contributed by atoms with van der Waals surface area (Å²) in [4.78, 5) is 0. The predicted octanol–water partition coefficient (Wildman–Crippen LogP) is 2.05. The van der Waals surface area contributed by atoms with Crippen molar-refractivity contribution >= 4 is 11.3 Å². The van der Waals surface area contributed by atoms with E-state index in [0.717, 1.165) is 17.7 Å². The van der Waals surface area contributed by atoms with Gasteiger partial charge in [-0.2, -0.15) is 16.4 Å². The highest BCUT2D eigenvalue weighted by molar-refractivity contribution is 7.07. The molecule has 74 valence electrons. The van der Waals surface area contributed by atoms with Crippen molar-refractivity contribution < 1.29 is 5.11 Å². The van der Waals surface area contributed by atoms with E-state index in [0.29, 0.717) is 0 Å². The van der Waals surface area contributed by atoms with Gasteiger partial charge in [0.1, 0.15) is 6.10 Å². The lowest BCUT2D eigenvalue weighted by atomic mass is 10.1. The lowest BCUT2D eigenvalue weighted by Gasteiger charge is -2.04. The second-order valence-corrected chi connectivity index (χ2v) is 3.87. The van der Waals surface area contributed by atoms with Crippen molar-refractivity contribution in [1.29, 1.82) is 0 Å². The zero-order valence-electron chi connectivity index (χ0n) is 7.92. The van der Waals surface area contributed by atoms with Gasteiger partial charge in [-0.3, -0.25) is 4.68 Å². The van der Waals surface area contributed by atoms with E-state index >= 15 is 0 Å². The van der Waals surface area contributed by atoms with Gasteiger partial charge in [0.15, 0.2) is 0 Å². The molecule has 1 N–H and O–H groups in total. The first-order valence-electron chi connectivity index (χ1n) is 4.53. The number of hydrogen-bond donors (Lipinski definition) is 1. The van der Waals surface area contributed by atoms with Crippen LogP contribution in [0.4, 0.5) is 0 Å². The van der Waals surface area contributed by atoms with Crippen LogP contribution < -0.4 is 0 Å². The molecule has 2 heterocycles. The molecule has 1 unspecified atom stereocenters. The minimum atomic E-state index is -0.540. The highest BCUT2D eigenvalue weighted by atomic mass is 32.1. The van der Waals surface area contributed by atoms with Gasteiger partial charge in [0.05, 0.1) is 6.20 Å². The van der Waals surface area contributed by atoms with Gasteiger partial charge in [-0.25, -0.2) is 0 Å². The van der Waals surface area contributed by atoms with E-state index in [-0.39, 0.29) is 0 Å². The summed E-state index contributed by atoms with van der Waals surface area (Å²) in [6, 6.07) is 1.93. The van der Waals surface area contributed by atoms with Gasteiger partial charge >= 0.3 is 0 Å². The van der Waals surface area contributed by atoms with Gasteiger partial charge in [0.2, 0.25) is 0 Å². The first-order valence-corrected chi connectivity index (χ1v) is 5.48. The molecular weight excluding hydrogens is 196 g/mol. The summed E-state index contributed by atoms with van der Waals surface area (Å²) in [6.07, 6.45) is 3.05. The third-order valence-corrected chi connectivity index (χ3v) is 2.85. The minimum Gasteiger partial charge on any atom is -0.384 e. The van der Waals surface area contributed by atoms with E-state index in [2.05, 4.69) is 5.10 Å². The number of aliphatic hydroxyl groups is 1. The molecule has 3 nitrogen and oxygen atoms in total.